The minimum atomic E-state index is -4.16. The summed E-state index contributed by atoms with van der Waals surface area (Å²) in [4.78, 5) is 15.4. The molecule has 2 fully saturated rings. The molecular weight excluding hydrogens is 359 g/mol. The maximum atomic E-state index is 12.5. The second-order valence-electron chi connectivity index (χ2n) is 7.20. The Hall–Kier alpha value is -1.80. The van der Waals surface area contributed by atoms with Crippen LogP contribution in [0.2, 0.25) is 0 Å². The Bertz CT molecular complexity index is 633. The van der Waals surface area contributed by atoms with Gasteiger partial charge in [-0.25, -0.2) is 0 Å². The Balaban J connectivity index is 1.47. The van der Waals surface area contributed by atoms with Crippen LogP contribution in [-0.4, -0.2) is 67.3 Å². The third-order valence-corrected chi connectivity index (χ3v) is 5.04. The topological polar surface area (TPSA) is 44.8 Å². The van der Waals surface area contributed by atoms with Gasteiger partial charge in [0.15, 0.2) is 6.61 Å². The van der Waals surface area contributed by atoms with Crippen molar-refractivity contribution in [2.75, 3.05) is 39.3 Å². The van der Waals surface area contributed by atoms with Gasteiger partial charge in [-0.05, 0) is 25.3 Å². The predicted octanol–water partition coefficient (Wildman–Crippen LogP) is 2.41. The number of carbonyl (C=O) groups is 1. The van der Waals surface area contributed by atoms with Crippen LogP contribution < -0.4 is 10.1 Å². The molecule has 1 unspecified atom stereocenters. The molecule has 0 bridgehead atoms. The van der Waals surface area contributed by atoms with Crippen LogP contribution in [0.15, 0.2) is 24.3 Å². The van der Waals surface area contributed by atoms with Crippen LogP contribution in [0.4, 0.5) is 13.2 Å². The Morgan fingerprint density at radius 2 is 1.93 bits per heavy atom. The first-order valence-corrected chi connectivity index (χ1v) is 9.42. The summed E-state index contributed by atoms with van der Waals surface area (Å²) in [6, 6.07) is 7.48. The molecular formula is C19H26F3N3O2. The number of benzene rings is 1. The van der Waals surface area contributed by atoms with Crippen molar-refractivity contribution in [1.82, 2.24) is 15.1 Å². The number of hydrogen-bond acceptors (Lipinski definition) is 4. The minimum absolute atomic E-state index is 0.00570. The highest BCUT2D eigenvalue weighted by Gasteiger charge is 2.34. The molecule has 0 saturated carbocycles. The van der Waals surface area contributed by atoms with Gasteiger partial charge in [0.25, 0.3) is 5.91 Å². The van der Waals surface area contributed by atoms with Crippen molar-refractivity contribution in [2.45, 2.75) is 38.0 Å². The van der Waals surface area contributed by atoms with E-state index < -0.39 is 12.7 Å². The first-order chi connectivity index (χ1) is 12.9. The second kappa shape index (κ2) is 8.93. The summed E-state index contributed by atoms with van der Waals surface area (Å²) >= 11 is 0. The van der Waals surface area contributed by atoms with E-state index in [1.54, 1.807) is 0 Å². The van der Waals surface area contributed by atoms with E-state index in [2.05, 4.69) is 5.32 Å². The highest BCUT2D eigenvalue weighted by Crippen LogP contribution is 2.22. The number of nitrogens with zero attached hydrogens (tertiary/aromatic N) is 2. The first-order valence-electron chi connectivity index (χ1n) is 9.42. The van der Waals surface area contributed by atoms with Gasteiger partial charge in [-0.3, -0.25) is 9.69 Å². The molecule has 2 aliphatic rings. The number of nitrogens with one attached hydrogen (secondary N) is 1. The summed E-state index contributed by atoms with van der Waals surface area (Å²) in [6.45, 7) is 2.07. The van der Waals surface area contributed by atoms with Crippen LogP contribution in [0.3, 0.4) is 0 Å². The molecule has 1 aromatic rings. The van der Waals surface area contributed by atoms with Crippen molar-refractivity contribution in [3.05, 3.63) is 29.8 Å². The van der Waals surface area contributed by atoms with E-state index >= 15 is 0 Å². The fraction of sp³-hybridized carbons (Fsp3) is 0.632. The van der Waals surface area contributed by atoms with Gasteiger partial charge in [-0.15, -0.1) is 0 Å². The van der Waals surface area contributed by atoms with E-state index in [9.17, 15) is 18.0 Å². The molecule has 0 spiro atoms. The predicted molar refractivity (Wildman–Crippen MR) is 95.5 cm³/mol. The Kier molecular flexibility index (Phi) is 6.59. The molecule has 0 radical (unpaired) electrons. The maximum absolute atomic E-state index is 12.5. The van der Waals surface area contributed by atoms with E-state index in [0.717, 1.165) is 31.5 Å². The molecule has 8 heteroatoms. The fourth-order valence-electron chi connectivity index (χ4n) is 3.64. The number of ether oxygens (including phenoxy) is 1. The van der Waals surface area contributed by atoms with E-state index in [4.69, 9.17) is 4.74 Å². The van der Waals surface area contributed by atoms with Crippen molar-refractivity contribution in [3.8, 4) is 5.75 Å². The number of rotatable bonds is 7. The lowest BCUT2D eigenvalue weighted by Gasteiger charge is -2.19. The van der Waals surface area contributed by atoms with Gasteiger partial charge in [-0.2, -0.15) is 13.2 Å². The second-order valence-corrected chi connectivity index (χ2v) is 7.20. The first kappa shape index (κ1) is 19.9. The third kappa shape index (κ3) is 6.10. The molecule has 27 heavy (non-hydrogen) atoms. The summed E-state index contributed by atoms with van der Waals surface area (Å²) in [5.74, 6) is 0.636. The molecule has 2 saturated heterocycles. The smallest absolute Gasteiger partial charge is 0.401 e. The zero-order valence-electron chi connectivity index (χ0n) is 15.3. The van der Waals surface area contributed by atoms with Gasteiger partial charge >= 0.3 is 6.18 Å². The highest BCUT2D eigenvalue weighted by molar-refractivity contribution is 5.78. The number of halogens is 3. The van der Waals surface area contributed by atoms with E-state index in [-0.39, 0.29) is 18.6 Å². The Morgan fingerprint density at radius 3 is 2.67 bits per heavy atom. The summed E-state index contributed by atoms with van der Waals surface area (Å²) in [5, 5.41) is 3.31. The molecule has 1 atom stereocenters. The number of alkyl halides is 3. The van der Waals surface area contributed by atoms with Crippen LogP contribution in [0.25, 0.3) is 0 Å². The average Bonchev–Trinajstić information content (AvgIpc) is 3.29. The van der Waals surface area contributed by atoms with E-state index in [1.807, 2.05) is 29.2 Å². The fourth-order valence-corrected chi connectivity index (χ4v) is 3.64. The SMILES string of the molecule is O=C(COc1ccccc1CNC1CCN(CC(F)(F)F)C1)N1CCCC1. The lowest BCUT2D eigenvalue weighted by molar-refractivity contribution is -0.143. The molecule has 2 aliphatic heterocycles. The summed E-state index contributed by atoms with van der Waals surface area (Å²) < 4.78 is 43.2. The highest BCUT2D eigenvalue weighted by atomic mass is 19.4. The van der Waals surface area contributed by atoms with Crippen molar-refractivity contribution >= 4 is 5.91 Å². The lowest BCUT2D eigenvalue weighted by Crippen LogP contribution is -2.36. The standard InChI is InChI=1S/C19H26F3N3O2/c20-19(21,22)14-24-10-7-16(12-24)23-11-15-5-1-2-6-17(15)27-13-18(26)25-8-3-4-9-25/h1-2,5-6,16,23H,3-4,7-14H2. The quantitative estimate of drug-likeness (QED) is 0.783. The van der Waals surface area contributed by atoms with E-state index in [0.29, 0.717) is 31.8 Å². The van der Waals surface area contributed by atoms with Crippen molar-refractivity contribution < 1.29 is 22.7 Å². The molecule has 0 aliphatic carbocycles. The number of likely N-dealkylation sites (tertiary alicyclic amines) is 2. The van der Waals surface area contributed by atoms with Crippen LogP contribution in [0.5, 0.6) is 5.75 Å². The van der Waals surface area contributed by atoms with Gasteiger partial charge in [0.1, 0.15) is 5.75 Å². The molecule has 1 aromatic carbocycles. The molecule has 2 heterocycles. The maximum Gasteiger partial charge on any atom is 0.401 e. The number of amides is 1. The lowest BCUT2D eigenvalue weighted by atomic mass is 10.2. The number of para-hydroxylation sites is 1. The Morgan fingerprint density at radius 1 is 1.19 bits per heavy atom. The zero-order chi connectivity index (χ0) is 19.3. The third-order valence-electron chi connectivity index (χ3n) is 5.04. The van der Waals surface area contributed by atoms with Gasteiger partial charge in [0, 0.05) is 44.3 Å². The molecule has 3 rings (SSSR count). The molecule has 0 aromatic heterocycles. The van der Waals surface area contributed by atoms with Crippen LogP contribution in [0.1, 0.15) is 24.8 Å². The van der Waals surface area contributed by atoms with Crippen molar-refractivity contribution in [3.63, 3.8) is 0 Å². The van der Waals surface area contributed by atoms with E-state index in [1.165, 1.54) is 4.90 Å². The van der Waals surface area contributed by atoms with Crippen LogP contribution >= 0.6 is 0 Å². The van der Waals surface area contributed by atoms with Gasteiger partial charge in [0.2, 0.25) is 0 Å². The number of carbonyl (C=O) groups excluding carboxylic acids is 1. The average molecular weight is 385 g/mol. The minimum Gasteiger partial charge on any atom is -0.483 e. The molecule has 5 nitrogen and oxygen atoms in total. The van der Waals surface area contributed by atoms with Crippen LogP contribution in [0, 0.1) is 0 Å². The molecule has 150 valence electrons. The van der Waals surface area contributed by atoms with Gasteiger partial charge < -0.3 is 15.0 Å². The molecule has 1 N–H and O–H groups in total. The normalized spacial score (nSPS) is 21.0. The summed E-state index contributed by atoms with van der Waals surface area (Å²) in [5.41, 5.74) is 0.904. The largest absolute Gasteiger partial charge is 0.483 e. The van der Waals surface area contributed by atoms with Crippen molar-refractivity contribution in [2.24, 2.45) is 0 Å². The monoisotopic (exact) mass is 385 g/mol. The Labute approximate surface area is 157 Å². The summed E-state index contributed by atoms with van der Waals surface area (Å²) in [7, 11) is 0. The number of hydrogen-bond donors (Lipinski definition) is 1. The van der Waals surface area contributed by atoms with Crippen molar-refractivity contribution in [1.29, 1.82) is 0 Å². The molecule has 1 amide bonds. The zero-order valence-corrected chi connectivity index (χ0v) is 15.3. The van der Waals surface area contributed by atoms with Crippen LogP contribution in [-0.2, 0) is 11.3 Å². The van der Waals surface area contributed by atoms with Gasteiger partial charge in [-0.1, -0.05) is 18.2 Å². The van der Waals surface area contributed by atoms with Gasteiger partial charge in [0.05, 0.1) is 6.54 Å². The summed E-state index contributed by atoms with van der Waals surface area (Å²) in [6.07, 6.45) is -1.39.